The molecule has 0 spiro atoms. The number of nitrogens with one attached hydrogen (secondary N) is 1. The summed E-state index contributed by atoms with van der Waals surface area (Å²) in [5.41, 5.74) is 3.23. The second-order valence-electron chi connectivity index (χ2n) is 4.06. The summed E-state index contributed by atoms with van der Waals surface area (Å²) in [6.45, 7) is 1.94. The molecule has 2 unspecified atom stereocenters. The van der Waals surface area contributed by atoms with Gasteiger partial charge in [0.2, 0.25) is 0 Å². The standard InChI is InChI=1S/C12H18ClFN2O/c1-8(17-2)6-10(16-15)7-9-4-3-5-11(13)12(9)14/h3-5,8,10,16H,6-7,15H2,1-2H3. The lowest BCUT2D eigenvalue weighted by molar-refractivity contribution is 0.100. The highest BCUT2D eigenvalue weighted by molar-refractivity contribution is 6.30. The van der Waals surface area contributed by atoms with Crippen molar-refractivity contribution in [1.29, 1.82) is 0 Å². The summed E-state index contributed by atoms with van der Waals surface area (Å²) >= 11 is 5.72. The first kappa shape index (κ1) is 14.4. The molecule has 0 aliphatic carbocycles. The summed E-state index contributed by atoms with van der Waals surface area (Å²) in [7, 11) is 1.64. The Bertz CT molecular complexity index is 362. The molecule has 0 aliphatic heterocycles. The van der Waals surface area contributed by atoms with Gasteiger partial charge in [0.1, 0.15) is 5.82 Å². The van der Waals surface area contributed by atoms with Crippen molar-refractivity contribution in [1.82, 2.24) is 5.43 Å². The van der Waals surface area contributed by atoms with Gasteiger partial charge in [-0.15, -0.1) is 0 Å². The molecule has 3 nitrogen and oxygen atoms in total. The van der Waals surface area contributed by atoms with Crippen LogP contribution in [0.15, 0.2) is 18.2 Å². The van der Waals surface area contributed by atoms with E-state index in [0.29, 0.717) is 18.4 Å². The molecule has 0 fully saturated rings. The van der Waals surface area contributed by atoms with Crippen molar-refractivity contribution in [2.45, 2.75) is 31.9 Å². The highest BCUT2D eigenvalue weighted by Crippen LogP contribution is 2.20. The molecule has 96 valence electrons. The molecule has 0 aliphatic rings. The number of halogens is 2. The molecule has 17 heavy (non-hydrogen) atoms. The van der Waals surface area contributed by atoms with Gasteiger partial charge in [0.25, 0.3) is 0 Å². The van der Waals surface area contributed by atoms with Crippen molar-refractivity contribution in [2.75, 3.05) is 7.11 Å². The molecule has 0 saturated heterocycles. The number of nitrogens with two attached hydrogens (primary N) is 1. The zero-order chi connectivity index (χ0) is 12.8. The minimum Gasteiger partial charge on any atom is -0.382 e. The van der Waals surface area contributed by atoms with E-state index in [1.807, 2.05) is 6.92 Å². The molecule has 0 bridgehead atoms. The summed E-state index contributed by atoms with van der Waals surface area (Å²) in [6, 6.07) is 4.93. The van der Waals surface area contributed by atoms with Crippen LogP contribution in [0.3, 0.4) is 0 Å². The van der Waals surface area contributed by atoms with E-state index in [0.717, 1.165) is 0 Å². The number of hydrazine groups is 1. The van der Waals surface area contributed by atoms with Gasteiger partial charge in [-0.05, 0) is 31.4 Å². The van der Waals surface area contributed by atoms with Crippen LogP contribution in [0.4, 0.5) is 4.39 Å². The number of hydrogen-bond donors (Lipinski definition) is 2. The average molecular weight is 261 g/mol. The maximum atomic E-state index is 13.7. The van der Waals surface area contributed by atoms with Crippen LogP contribution in [0.5, 0.6) is 0 Å². The van der Waals surface area contributed by atoms with Crippen molar-refractivity contribution >= 4 is 11.6 Å². The number of ether oxygens (including phenoxy) is 1. The van der Waals surface area contributed by atoms with E-state index in [2.05, 4.69) is 5.43 Å². The van der Waals surface area contributed by atoms with Gasteiger partial charge in [0, 0.05) is 13.2 Å². The fourth-order valence-electron chi connectivity index (χ4n) is 1.68. The Morgan fingerprint density at radius 2 is 2.24 bits per heavy atom. The molecule has 0 saturated carbocycles. The predicted molar refractivity (Wildman–Crippen MR) is 67.3 cm³/mol. The Kier molecular flexibility index (Phi) is 5.85. The Morgan fingerprint density at radius 1 is 1.53 bits per heavy atom. The van der Waals surface area contributed by atoms with Gasteiger partial charge >= 0.3 is 0 Å². The fraction of sp³-hybridized carbons (Fsp3) is 0.500. The first-order chi connectivity index (χ1) is 8.08. The normalized spacial score (nSPS) is 14.6. The topological polar surface area (TPSA) is 47.3 Å². The van der Waals surface area contributed by atoms with Gasteiger partial charge in [-0.3, -0.25) is 11.3 Å². The van der Waals surface area contributed by atoms with E-state index in [9.17, 15) is 4.39 Å². The first-order valence-electron chi connectivity index (χ1n) is 5.50. The number of methoxy groups -OCH3 is 1. The van der Waals surface area contributed by atoms with Crippen molar-refractivity contribution < 1.29 is 9.13 Å². The van der Waals surface area contributed by atoms with Crippen LogP contribution in [0.1, 0.15) is 18.9 Å². The molecule has 0 aromatic heterocycles. The lowest BCUT2D eigenvalue weighted by Gasteiger charge is -2.19. The third kappa shape index (κ3) is 4.24. The van der Waals surface area contributed by atoms with Gasteiger partial charge in [-0.2, -0.15) is 0 Å². The smallest absolute Gasteiger partial charge is 0.145 e. The number of rotatable bonds is 6. The lowest BCUT2D eigenvalue weighted by Crippen LogP contribution is -2.39. The van der Waals surface area contributed by atoms with Crippen LogP contribution in [0, 0.1) is 5.82 Å². The maximum Gasteiger partial charge on any atom is 0.145 e. The molecule has 1 rings (SSSR count). The molecular weight excluding hydrogens is 243 g/mol. The van der Waals surface area contributed by atoms with Gasteiger partial charge < -0.3 is 4.74 Å². The average Bonchev–Trinajstić information content (AvgIpc) is 2.33. The molecule has 0 amide bonds. The molecule has 3 N–H and O–H groups in total. The predicted octanol–water partition coefficient (Wildman–Crippen LogP) is 2.28. The summed E-state index contributed by atoms with van der Waals surface area (Å²) in [4.78, 5) is 0. The quantitative estimate of drug-likeness (QED) is 0.609. The Hall–Kier alpha value is -0.680. The summed E-state index contributed by atoms with van der Waals surface area (Å²) in [5, 5.41) is 0.137. The minimum absolute atomic E-state index is 0.0436. The largest absolute Gasteiger partial charge is 0.382 e. The van der Waals surface area contributed by atoms with E-state index in [4.69, 9.17) is 22.2 Å². The summed E-state index contributed by atoms with van der Waals surface area (Å²) < 4.78 is 18.8. The van der Waals surface area contributed by atoms with E-state index in [1.165, 1.54) is 6.07 Å². The Morgan fingerprint density at radius 3 is 2.82 bits per heavy atom. The van der Waals surface area contributed by atoms with E-state index < -0.39 is 0 Å². The third-order valence-electron chi connectivity index (χ3n) is 2.75. The van der Waals surface area contributed by atoms with Gasteiger partial charge in [0.05, 0.1) is 11.1 Å². The number of benzene rings is 1. The zero-order valence-corrected chi connectivity index (χ0v) is 10.8. The van der Waals surface area contributed by atoms with Crippen LogP contribution in [-0.2, 0) is 11.2 Å². The first-order valence-corrected chi connectivity index (χ1v) is 5.88. The maximum absolute atomic E-state index is 13.7. The van der Waals surface area contributed by atoms with Gasteiger partial charge in [0.15, 0.2) is 0 Å². The molecule has 5 heteroatoms. The van der Waals surface area contributed by atoms with Crippen LogP contribution in [0.25, 0.3) is 0 Å². The van der Waals surface area contributed by atoms with Gasteiger partial charge in [-0.1, -0.05) is 23.7 Å². The minimum atomic E-state index is -0.375. The monoisotopic (exact) mass is 260 g/mol. The third-order valence-corrected chi connectivity index (χ3v) is 3.04. The Labute approximate surface area is 106 Å². The Balaban J connectivity index is 2.70. The van der Waals surface area contributed by atoms with Crippen LogP contribution in [-0.4, -0.2) is 19.3 Å². The highest BCUT2D eigenvalue weighted by Gasteiger charge is 2.15. The van der Waals surface area contributed by atoms with Crippen molar-refractivity contribution in [3.8, 4) is 0 Å². The molecule has 1 aromatic rings. The summed E-state index contributed by atoms with van der Waals surface area (Å²) in [6.07, 6.45) is 1.26. The van der Waals surface area contributed by atoms with Crippen molar-refractivity contribution in [2.24, 2.45) is 5.84 Å². The fourth-order valence-corrected chi connectivity index (χ4v) is 1.87. The second-order valence-corrected chi connectivity index (χ2v) is 4.47. The molecule has 2 atom stereocenters. The van der Waals surface area contributed by atoms with E-state index in [-0.39, 0.29) is 23.0 Å². The highest BCUT2D eigenvalue weighted by atomic mass is 35.5. The molecular formula is C12H18ClFN2O. The molecule has 0 radical (unpaired) electrons. The van der Waals surface area contributed by atoms with Crippen LogP contribution in [0.2, 0.25) is 5.02 Å². The number of hydrogen-bond acceptors (Lipinski definition) is 3. The van der Waals surface area contributed by atoms with Crippen molar-refractivity contribution in [3.63, 3.8) is 0 Å². The molecule has 1 aromatic carbocycles. The van der Waals surface area contributed by atoms with Crippen LogP contribution < -0.4 is 11.3 Å². The second kappa shape index (κ2) is 6.91. The van der Waals surface area contributed by atoms with Gasteiger partial charge in [-0.25, -0.2) is 4.39 Å². The molecule has 0 heterocycles. The van der Waals surface area contributed by atoms with Crippen molar-refractivity contribution in [3.05, 3.63) is 34.6 Å². The SMILES string of the molecule is COC(C)CC(Cc1cccc(Cl)c1F)NN. The zero-order valence-electron chi connectivity index (χ0n) is 10.0. The van der Waals surface area contributed by atoms with E-state index >= 15 is 0 Å². The van der Waals surface area contributed by atoms with Crippen LogP contribution >= 0.6 is 11.6 Å². The summed E-state index contributed by atoms with van der Waals surface area (Å²) in [5.74, 6) is 5.08. The van der Waals surface area contributed by atoms with E-state index in [1.54, 1.807) is 19.2 Å². The lowest BCUT2D eigenvalue weighted by atomic mass is 10.0.